The first-order valence-corrected chi connectivity index (χ1v) is 8.50. The molecule has 0 saturated carbocycles. The lowest BCUT2D eigenvalue weighted by atomic mass is 10.1. The van der Waals surface area contributed by atoms with Gasteiger partial charge in [-0.15, -0.1) is 0 Å². The van der Waals surface area contributed by atoms with Crippen molar-refractivity contribution in [2.75, 3.05) is 32.5 Å². The molecule has 21 heavy (non-hydrogen) atoms. The fourth-order valence-corrected chi connectivity index (χ4v) is 4.09. The molecular formula is C15H26N2O3S. The summed E-state index contributed by atoms with van der Waals surface area (Å²) in [6.45, 7) is 8.83. The number of sulfonamides is 1. The Kier molecular flexibility index (Phi) is 6.19. The SMILES string of the molecule is COCCN(CC(C)C)S(=O)(=O)c1cc(N)cc(C)c1C. The molecular weight excluding hydrogens is 288 g/mol. The Balaban J connectivity index is 3.28. The maximum Gasteiger partial charge on any atom is 0.243 e. The summed E-state index contributed by atoms with van der Waals surface area (Å²) >= 11 is 0. The van der Waals surface area contributed by atoms with Crippen molar-refractivity contribution in [3.8, 4) is 0 Å². The highest BCUT2D eigenvalue weighted by Gasteiger charge is 2.27. The van der Waals surface area contributed by atoms with E-state index < -0.39 is 10.0 Å². The third-order valence-corrected chi connectivity index (χ3v) is 5.36. The van der Waals surface area contributed by atoms with Crippen LogP contribution in [-0.4, -0.2) is 39.5 Å². The molecule has 0 aliphatic heterocycles. The van der Waals surface area contributed by atoms with Crippen LogP contribution in [0.3, 0.4) is 0 Å². The Morgan fingerprint density at radius 1 is 1.29 bits per heavy atom. The van der Waals surface area contributed by atoms with Crippen molar-refractivity contribution in [2.24, 2.45) is 5.92 Å². The van der Waals surface area contributed by atoms with Crippen LogP contribution in [0.1, 0.15) is 25.0 Å². The summed E-state index contributed by atoms with van der Waals surface area (Å²) in [5.41, 5.74) is 7.91. The fraction of sp³-hybridized carbons (Fsp3) is 0.600. The van der Waals surface area contributed by atoms with E-state index in [2.05, 4.69) is 0 Å². The summed E-state index contributed by atoms with van der Waals surface area (Å²) < 4.78 is 32.3. The van der Waals surface area contributed by atoms with Crippen molar-refractivity contribution in [1.82, 2.24) is 4.31 Å². The molecule has 6 heteroatoms. The number of nitrogens with two attached hydrogens (primary N) is 1. The van der Waals surface area contributed by atoms with E-state index in [4.69, 9.17) is 10.5 Å². The minimum Gasteiger partial charge on any atom is -0.399 e. The molecule has 0 amide bonds. The number of hydrogen-bond acceptors (Lipinski definition) is 4. The molecule has 0 spiro atoms. The number of anilines is 1. The average molecular weight is 314 g/mol. The highest BCUT2D eigenvalue weighted by atomic mass is 32.2. The minimum atomic E-state index is -3.57. The Labute approximate surface area is 128 Å². The molecule has 0 bridgehead atoms. The van der Waals surface area contributed by atoms with Crippen LogP contribution < -0.4 is 5.73 Å². The lowest BCUT2D eigenvalue weighted by molar-refractivity contribution is 0.175. The van der Waals surface area contributed by atoms with Gasteiger partial charge in [-0.25, -0.2) is 8.42 Å². The van der Waals surface area contributed by atoms with Crippen LogP contribution in [-0.2, 0) is 14.8 Å². The monoisotopic (exact) mass is 314 g/mol. The smallest absolute Gasteiger partial charge is 0.243 e. The molecule has 2 N–H and O–H groups in total. The molecule has 0 unspecified atom stereocenters. The van der Waals surface area contributed by atoms with Crippen molar-refractivity contribution in [3.05, 3.63) is 23.3 Å². The van der Waals surface area contributed by atoms with Gasteiger partial charge in [0.15, 0.2) is 0 Å². The second-order valence-corrected chi connectivity index (χ2v) is 7.62. The molecule has 0 aliphatic rings. The zero-order chi connectivity index (χ0) is 16.2. The number of nitrogens with zero attached hydrogens (tertiary/aromatic N) is 1. The number of rotatable bonds is 7. The van der Waals surface area contributed by atoms with Gasteiger partial charge >= 0.3 is 0 Å². The molecule has 1 rings (SSSR count). The van der Waals surface area contributed by atoms with Crippen LogP contribution in [0.5, 0.6) is 0 Å². The summed E-state index contributed by atoms with van der Waals surface area (Å²) in [5, 5.41) is 0. The van der Waals surface area contributed by atoms with Gasteiger partial charge < -0.3 is 10.5 Å². The van der Waals surface area contributed by atoms with Crippen molar-refractivity contribution in [3.63, 3.8) is 0 Å². The predicted molar refractivity (Wildman–Crippen MR) is 85.8 cm³/mol. The van der Waals surface area contributed by atoms with Crippen LogP contribution >= 0.6 is 0 Å². The van der Waals surface area contributed by atoms with Gasteiger partial charge in [0, 0.05) is 25.9 Å². The second kappa shape index (κ2) is 7.24. The first kappa shape index (κ1) is 17.9. The van der Waals surface area contributed by atoms with E-state index in [0.29, 0.717) is 25.4 Å². The van der Waals surface area contributed by atoms with Gasteiger partial charge in [0.1, 0.15) is 0 Å². The summed E-state index contributed by atoms with van der Waals surface area (Å²) in [6.07, 6.45) is 0. The van der Waals surface area contributed by atoms with Gasteiger partial charge in [-0.05, 0) is 43.0 Å². The van der Waals surface area contributed by atoms with Crippen molar-refractivity contribution in [2.45, 2.75) is 32.6 Å². The quantitative estimate of drug-likeness (QED) is 0.783. The summed E-state index contributed by atoms with van der Waals surface area (Å²) in [5.74, 6) is 0.235. The van der Waals surface area contributed by atoms with E-state index in [0.717, 1.165) is 11.1 Å². The number of nitrogen functional groups attached to an aromatic ring is 1. The Bertz CT molecular complexity index is 583. The van der Waals surface area contributed by atoms with Crippen LogP contribution in [0.2, 0.25) is 0 Å². The van der Waals surface area contributed by atoms with Gasteiger partial charge in [0.2, 0.25) is 10.0 Å². The largest absolute Gasteiger partial charge is 0.399 e. The highest BCUT2D eigenvalue weighted by molar-refractivity contribution is 7.89. The molecule has 0 heterocycles. The molecule has 5 nitrogen and oxygen atoms in total. The van der Waals surface area contributed by atoms with E-state index in [9.17, 15) is 8.42 Å². The molecule has 0 fully saturated rings. The first-order chi connectivity index (χ1) is 9.70. The van der Waals surface area contributed by atoms with Crippen LogP contribution in [0.25, 0.3) is 0 Å². The third-order valence-electron chi connectivity index (χ3n) is 3.37. The molecule has 0 radical (unpaired) electrons. The van der Waals surface area contributed by atoms with Crippen molar-refractivity contribution >= 4 is 15.7 Å². The molecule has 1 aromatic rings. The van der Waals surface area contributed by atoms with E-state index in [1.807, 2.05) is 27.7 Å². The van der Waals surface area contributed by atoms with E-state index in [1.165, 1.54) is 10.4 Å². The second-order valence-electron chi connectivity index (χ2n) is 5.71. The predicted octanol–water partition coefficient (Wildman–Crippen LogP) is 2.18. The van der Waals surface area contributed by atoms with Gasteiger partial charge in [-0.3, -0.25) is 0 Å². The maximum atomic E-state index is 12.9. The molecule has 0 atom stereocenters. The van der Waals surface area contributed by atoms with Crippen molar-refractivity contribution < 1.29 is 13.2 Å². The van der Waals surface area contributed by atoms with Crippen LogP contribution in [0.4, 0.5) is 5.69 Å². The zero-order valence-corrected chi connectivity index (χ0v) is 14.3. The van der Waals surface area contributed by atoms with Crippen LogP contribution in [0.15, 0.2) is 17.0 Å². The summed E-state index contributed by atoms with van der Waals surface area (Å²) in [4.78, 5) is 0.289. The van der Waals surface area contributed by atoms with E-state index >= 15 is 0 Å². The maximum absolute atomic E-state index is 12.9. The van der Waals surface area contributed by atoms with Gasteiger partial charge in [-0.1, -0.05) is 13.8 Å². The lowest BCUT2D eigenvalue weighted by Gasteiger charge is -2.25. The van der Waals surface area contributed by atoms with Gasteiger partial charge in [0.05, 0.1) is 11.5 Å². The molecule has 1 aromatic carbocycles. The molecule has 0 aliphatic carbocycles. The fourth-order valence-electron chi connectivity index (χ4n) is 2.17. The topological polar surface area (TPSA) is 72.6 Å². The van der Waals surface area contributed by atoms with Gasteiger partial charge in [-0.2, -0.15) is 4.31 Å². The van der Waals surface area contributed by atoms with E-state index in [-0.39, 0.29) is 10.8 Å². The number of aryl methyl sites for hydroxylation is 1. The van der Waals surface area contributed by atoms with Crippen LogP contribution in [0, 0.1) is 19.8 Å². The Hall–Kier alpha value is -1.11. The van der Waals surface area contributed by atoms with Crippen molar-refractivity contribution in [1.29, 1.82) is 0 Å². The average Bonchev–Trinajstić information content (AvgIpc) is 2.38. The number of hydrogen-bond donors (Lipinski definition) is 1. The normalized spacial score (nSPS) is 12.3. The number of ether oxygens (including phenoxy) is 1. The lowest BCUT2D eigenvalue weighted by Crippen LogP contribution is -2.37. The summed E-state index contributed by atoms with van der Waals surface area (Å²) in [6, 6.07) is 3.33. The molecule has 0 aromatic heterocycles. The Morgan fingerprint density at radius 2 is 1.90 bits per heavy atom. The summed E-state index contributed by atoms with van der Waals surface area (Å²) in [7, 11) is -2.01. The standard InChI is InChI=1S/C15H26N2O3S/c1-11(2)10-17(6-7-20-5)21(18,19)15-9-14(16)8-12(3)13(15)4/h8-9,11H,6-7,10,16H2,1-5H3. The van der Waals surface area contributed by atoms with Gasteiger partial charge in [0.25, 0.3) is 0 Å². The number of methoxy groups -OCH3 is 1. The highest BCUT2D eigenvalue weighted by Crippen LogP contribution is 2.25. The first-order valence-electron chi connectivity index (χ1n) is 7.06. The molecule has 120 valence electrons. The number of benzene rings is 1. The van der Waals surface area contributed by atoms with E-state index in [1.54, 1.807) is 13.2 Å². The Morgan fingerprint density at radius 3 is 2.43 bits per heavy atom. The minimum absolute atomic E-state index is 0.235. The zero-order valence-electron chi connectivity index (χ0n) is 13.5. The third kappa shape index (κ3) is 4.43. The molecule has 0 saturated heterocycles.